The first kappa shape index (κ1) is 14.8. The molecule has 0 saturated heterocycles. The van der Waals surface area contributed by atoms with Gasteiger partial charge in [-0.1, -0.05) is 25.4 Å². The minimum absolute atomic E-state index is 0.237. The molecule has 20 heavy (non-hydrogen) atoms. The maximum Gasteiger partial charge on any atom is 0.257 e. The van der Waals surface area contributed by atoms with Gasteiger partial charge in [0, 0.05) is 16.6 Å². The van der Waals surface area contributed by atoms with Crippen LogP contribution in [0.1, 0.15) is 35.0 Å². The summed E-state index contributed by atoms with van der Waals surface area (Å²) < 4.78 is 5.05. The van der Waals surface area contributed by atoms with Crippen LogP contribution in [-0.4, -0.2) is 18.0 Å². The van der Waals surface area contributed by atoms with Gasteiger partial charge in [0.2, 0.25) is 0 Å². The summed E-state index contributed by atoms with van der Waals surface area (Å²) in [5, 5.41) is 3.76. The van der Waals surface area contributed by atoms with Crippen molar-refractivity contribution in [1.82, 2.24) is 4.98 Å². The average molecular weight is 311 g/mol. The van der Waals surface area contributed by atoms with Crippen LogP contribution in [0.25, 0.3) is 0 Å². The second-order valence-electron chi connectivity index (χ2n) is 4.53. The number of halogens is 1. The van der Waals surface area contributed by atoms with E-state index >= 15 is 0 Å². The highest BCUT2D eigenvalue weighted by atomic mass is 35.5. The Hall–Kier alpha value is -1.59. The number of nitrogens with zero attached hydrogens (tertiary/aromatic N) is 1. The lowest BCUT2D eigenvalue weighted by molar-refractivity contribution is 0.102. The Labute approximate surface area is 126 Å². The fourth-order valence-electron chi connectivity index (χ4n) is 1.59. The zero-order valence-corrected chi connectivity index (χ0v) is 13.0. The van der Waals surface area contributed by atoms with Crippen molar-refractivity contribution < 1.29 is 9.53 Å². The van der Waals surface area contributed by atoms with Crippen molar-refractivity contribution in [2.45, 2.75) is 19.8 Å². The number of nitrogens with one attached hydrogen (secondary N) is 1. The second kappa shape index (κ2) is 6.24. The van der Waals surface area contributed by atoms with Gasteiger partial charge in [0.15, 0.2) is 5.13 Å². The maximum atomic E-state index is 12.1. The Bertz CT molecular complexity index is 625. The van der Waals surface area contributed by atoms with Gasteiger partial charge in [0.25, 0.3) is 5.91 Å². The molecule has 2 aromatic rings. The summed E-state index contributed by atoms with van der Waals surface area (Å²) in [6, 6.07) is 4.91. The van der Waals surface area contributed by atoms with Gasteiger partial charge in [-0.15, -0.1) is 11.3 Å². The third kappa shape index (κ3) is 3.29. The zero-order chi connectivity index (χ0) is 14.7. The van der Waals surface area contributed by atoms with Crippen molar-refractivity contribution in [3.63, 3.8) is 0 Å². The third-order valence-corrected chi connectivity index (χ3v) is 4.24. The van der Waals surface area contributed by atoms with E-state index in [0.717, 1.165) is 4.88 Å². The number of ether oxygens (including phenoxy) is 1. The van der Waals surface area contributed by atoms with E-state index in [-0.39, 0.29) is 5.91 Å². The van der Waals surface area contributed by atoms with Crippen LogP contribution in [-0.2, 0) is 0 Å². The van der Waals surface area contributed by atoms with Gasteiger partial charge in [-0.05, 0) is 24.1 Å². The van der Waals surface area contributed by atoms with Crippen LogP contribution in [0.3, 0.4) is 0 Å². The van der Waals surface area contributed by atoms with E-state index in [1.165, 1.54) is 18.4 Å². The van der Waals surface area contributed by atoms with E-state index in [4.69, 9.17) is 16.3 Å². The van der Waals surface area contributed by atoms with Gasteiger partial charge in [-0.2, -0.15) is 0 Å². The second-order valence-corrected chi connectivity index (χ2v) is 6.00. The van der Waals surface area contributed by atoms with Gasteiger partial charge < -0.3 is 4.74 Å². The fourth-order valence-corrected chi connectivity index (χ4v) is 2.66. The molecule has 6 heteroatoms. The smallest absolute Gasteiger partial charge is 0.257 e. The summed E-state index contributed by atoms with van der Waals surface area (Å²) >= 11 is 7.48. The van der Waals surface area contributed by atoms with Crippen molar-refractivity contribution in [3.8, 4) is 5.75 Å². The van der Waals surface area contributed by atoms with E-state index in [9.17, 15) is 4.79 Å². The number of carbonyl (C=O) groups is 1. The molecule has 1 heterocycles. The van der Waals surface area contributed by atoms with Gasteiger partial charge in [0.05, 0.1) is 12.1 Å². The van der Waals surface area contributed by atoms with Gasteiger partial charge in [0.1, 0.15) is 5.75 Å². The molecule has 0 spiro atoms. The third-order valence-electron chi connectivity index (χ3n) is 2.73. The molecule has 0 bridgehead atoms. The highest BCUT2D eigenvalue weighted by Crippen LogP contribution is 2.27. The monoisotopic (exact) mass is 310 g/mol. The topological polar surface area (TPSA) is 51.2 Å². The number of thiazole rings is 1. The summed E-state index contributed by atoms with van der Waals surface area (Å²) in [5.41, 5.74) is 0.470. The van der Waals surface area contributed by atoms with Gasteiger partial charge >= 0.3 is 0 Å². The average Bonchev–Trinajstić information content (AvgIpc) is 2.87. The Balaban J connectivity index is 2.13. The van der Waals surface area contributed by atoms with Crippen molar-refractivity contribution in [2.24, 2.45) is 0 Å². The summed E-state index contributed by atoms with van der Waals surface area (Å²) in [5.74, 6) is 0.701. The molecule has 0 saturated carbocycles. The molecular formula is C14H15ClN2O2S. The molecule has 0 fully saturated rings. The lowest BCUT2D eigenvalue weighted by Crippen LogP contribution is -2.11. The molecule has 0 radical (unpaired) electrons. The highest BCUT2D eigenvalue weighted by molar-refractivity contribution is 7.15. The summed E-state index contributed by atoms with van der Waals surface area (Å²) in [6.07, 6.45) is 1.78. The molecule has 0 aliphatic carbocycles. The molecule has 1 N–H and O–H groups in total. The standard InChI is InChI=1S/C14H15ClN2O2S/c1-8(2)12-7-16-14(20-12)17-13(18)9-4-5-11(19-3)10(15)6-9/h4-8H,1-3H3,(H,16,17,18). The predicted octanol–water partition coefficient (Wildman–Crippen LogP) is 4.18. The number of aromatic nitrogens is 1. The molecule has 1 aromatic heterocycles. The molecule has 4 nitrogen and oxygen atoms in total. The Morgan fingerprint density at radius 1 is 1.45 bits per heavy atom. The van der Waals surface area contributed by atoms with Crippen LogP contribution in [0.15, 0.2) is 24.4 Å². The SMILES string of the molecule is COc1ccc(C(=O)Nc2ncc(C(C)C)s2)cc1Cl. The molecule has 1 aromatic carbocycles. The number of anilines is 1. The Morgan fingerprint density at radius 2 is 2.20 bits per heavy atom. The van der Waals surface area contributed by atoms with Crippen LogP contribution >= 0.6 is 22.9 Å². The first-order valence-corrected chi connectivity index (χ1v) is 7.31. The van der Waals surface area contributed by atoms with Crippen LogP contribution in [0, 0.1) is 0 Å². The van der Waals surface area contributed by atoms with Crippen molar-refractivity contribution in [2.75, 3.05) is 12.4 Å². The van der Waals surface area contributed by atoms with Crippen molar-refractivity contribution in [3.05, 3.63) is 39.9 Å². The molecule has 106 valence electrons. The minimum atomic E-state index is -0.237. The maximum absolute atomic E-state index is 12.1. The van der Waals surface area contributed by atoms with E-state index in [0.29, 0.717) is 27.4 Å². The number of amides is 1. The zero-order valence-electron chi connectivity index (χ0n) is 11.4. The van der Waals surface area contributed by atoms with E-state index in [1.807, 2.05) is 0 Å². The number of methoxy groups -OCH3 is 1. The Kier molecular flexibility index (Phi) is 4.62. The summed E-state index contributed by atoms with van der Waals surface area (Å²) in [6.45, 7) is 4.17. The molecule has 0 aliphatic rings. The highest BCUT2D eigenvalue weighted by Gasteiger charge is 2.12. The van der Waals surface area contributed by atoms with Crippen LogP contribution in [0.4, 0.5) is 5.13 Å². The summed E-state index contributed by atoms with van der Waals surface area (Å²) in [7, 11) is 1.53. The molecule has 2 rings (SSSR count). The molecule has 0 atom stereocenters. The van der Waals surface area contributed by atoms with Gasteiger partial charge in [-0.25, -0.2) is 4.98 Å². The lowest BCUT2D eigenvalue weighted by Gasteiger charge is -2.05. The molecule has 0 unspecified atom stereocenters. The quantitative estimate of drug-likeness (QED) is 0.921. The molecule has 1 amide bonds. The summed E-state index contributed by atoms with van der Waals surface area (Å²) in [4.78, 5) is 17.4. The number of carbonyl (C=O) groups excluding carboxylic acids is 1. The lowest BCUT2D eigenvalue weighted by atomic mass is 10.2. The Morgan fingerprint density at radius 3 is 2.75 bits per heavy atom. The fraction of sp³-hybridized carbons (Fsp3) is 0.286. The van der Waals surface area contributed by atoms with E-state index in [2.05, 4.69) is 24.1 Å². The minimum Gasteiger partial charge on any atom is -0.495 e. The van der Waals surface area contributed by atoms with E-state index in [1.54, 1.807) is 24.4 Å². The van der Waals surface area contributed by atoms with Crippen LogP contribution in [0.5, 0.6) is 5.75 Å². The largest absolute Gasteiger partial charge is 0.495 e. The van der Waals surface area contributed by atoms with E-state index < -0.39 is 0 Å². The first-order chi connectivity index (χ1) is 9.51. The van der Waals surface area contributed by atoms with Gasteiger partial charge in [-0.3, -0.25) is 10.1 Å². The number of hydrogen-bond donors (Lipinski definition) is 1. The van der Waals surface area contributed by atoms with Crippen LogP contribution in [0.2, 0.25) is 5.02 Å². The number of benzene rings is 1. The van der Waals surface area contributed by atoms with Crippen molar-refractivity contribution in [1.29, 1.82) is 0 Å². The van der Waals surface area contributed by atoms with Crippen LogP contribution < -0.4 is 10.1 Å². The normalized spacial score (nSPS) is 10.7. The molecular weight excluding hydrogens is 296 g/mol. The first-order valence-electron chi connectivity index (χ1n) is 6.12. The van der Waals surface area contributed by atoms with Crippen molar-refractivity contribution >= 4 is 34.0 Å². The number of rotatable bonds is 4. The predicted molar refractivity (Wildman–Crippen MR) is 82.2 cm³/mol. The molecule has 0 aliphatic heterocycles. The number of hydrogen-bond acceptors (Lipinski definition) is 4.